The second-order valence-electron chi connectivity index (χ2n) is 6.97. The molecule has 2 rings (SSSR count). The summed E-state index contributed by atoms with van der Waals surface area (Å²) < 4.78 is 32.3. The normalized spacial score (nSPS) is 18.7. The molecular formula is C18H27ClN2O4S. The van der Waals surface area contributed by atoms with Crippen LogP contribution in [0.2, 0.25) is 5.02 Å². The van der Waals surface area contributed by atoms with E-state index in [1.54, 1.807) is 0 Å². The maximum absolute atomic E-state index is 12.9. The Balaban J connectivity index is 2.07. The SMILES string of the molecule is COc1ccc(S(=O)(=O)N2CCC[C@@H](C(=O)NCCC(C)C)C2)cc1Cl. The quantitative estimate of drug-likeness (QED) is 0.760. The van der Waals surface area contributed by atoms with Gasteiger partial charge in [-0.2, -0.15) is 4.31 Å². The van der Waals surface area contributed by atoms with Crippen molar-refractivity contribution in [1.82, 2.24) is 9.62 Å². The summed E-state index contributed by atoms with van der Waals surface area (Å²) in [5.41, 5.74) is 0. The van der Waals surface area contributed by atoms with Gasteiger partial charge in [-0.15, -0.1) is 0 Å². The van der Waals surface area contributed by atoms with E-state index in [4.69, 9.17) is 16.3 Å². The zero-order valence-corrected chi connectivity index (χ0v) is 17.1. The van der Waals surface area contributed by atoms with Crippen molar-refractivity contribution in [2.75, 3.05) is 26.7 Å². The van der Waals surface area contributed by atoms with E-state index < -0.39 is 10.0 Å². The Bertz CT molecular complexity index is 737. The van der Waals surface area contributed by atoms with Crippen LogP contribution in [0.15, 0.2) is 23.1 Å². The summed E-state index contributed by atoms with van der Waals surface area (Å²) in [5, 5.41) is 3.17. The standard InChI is InChI=1S/C18H27ClN2O4S/c1-13(2)8-9-20-18(22)14-5-4-10-21(12-14)26(23,24)15-6-7-17(25-3)16(19)11-15/h6-7,11,13-14H,4-5,8-10,12H2,1-3H3,(H,20,22)/t14-/m1/s1. The lowest BCUT2D eigenvalue weighted by molar-refractivity contribution is -0.126. The number of carbonyl (C=O) groups is 1. The van der Waals surface area contributed by atoms with E-state index in [9.17, 15) is 13.2 Å². The fourth-order valence-corrected chi connectivity index (χ4v) is 4.83. The molecule has 1 fully saturated rings. The van der Waals surface area contributed by atoms with Crippen molar-refractivity contribution in [2.24, 2.45) is 11.8 Å². The van der Waals surface area contributed by atoms with E-state index in [0.717, 1.165) is 6.42 Å². The molecule has 1 heterocycles. The number of benzene rings is 1. The molecule has 1 N–H and O–H groups in total. The number of hydrogen-bond acceptors (Lipinski definition) is 4. The Morgan fingerprint density at radius 1 is 1.42 bits per heavy atom. The van der Waals surface area contributed by atoms with E-state index in [2.05, 4.69) is 19.2 Å². The highest BCUT2D eigenvalue weighted by Gasteiger charge is 2.33. The van der Waals surface area contributed by atoms with Gasteiger partial charge in [-0.1, -0.05) is 25.4 Å². The smallest absolute Gasteiger partial charge is 0.243 e. The summed E-state index contributed by atoms with van der Waals surface area (Å²) in [4.78, 5) is 12.5. The minimum absolute atomic E-state index is 0.0710. The highest BCUT2D eigenvalue weighted by Crippen LogP contribution is 2.30. The molecule has 0 saturated carbocycles. The van der Waals surface area contributed by atoms with E-state index in [1.165, 1.54) is 29.6 Å². The van der Waals surface area contributed by atoms with Gasteiger partial charge in [-0.3, -0.25) is 4.79 Å². The number of rotatable bonds is 7. The summed E-state index contributed by atoms with van der Waals surface area (Å²) in [6, 6.07) is 4.41. The van der Waals surface area contributed by atoms with Crippen LogP contribution in [-0.2, 0) is 14.8 Å². The van der Waals surface area contributed by atoms with Gasteiger partial charge < -0.3 is 10.1 Å². The lowest BCUT2D eigenvalue weighted by Gasteiger charge is -2.31. The lowest BCUT2D eigenvalue weighted by atomic mass is 9.98. The molecule has 8 heteroatoms. The number of halogens is 1. The van der Waals surface area contributed by atoms with Gasteiger partial charge in [0.05, 0.1) is 22.9 Å². The Morgan fingerprint density at radius 3 is 2.77 bits per heavy atom. The number of sulfonamides is 1. The highest BCUT2D eigenvalue weighted by atomic mass is 35.5. The second-order valence-corrected chi connectivity index (χ2v) is 9.32. The van der Waals surface area contributed by atoms with Crippen LogP contribution < -0.4 is 10.1 Å². The van der Waals surface area contributed by atoms with Crippen LogP contribution in [0, 0.1) is 11.8 Å². The first-order valence-electron chi connectivity index (χ1n) is 8.87. The maximum atomic E-state index is 12.9. The number of carbonyl (C=O) groups excluding carboxylic acids is 1. The molecule has 0 unspecified atom stereocenters. The largest absolute Gasteiger partial charge is 0.495 e. The summed E-state index contributed by atoms with van der Waals surface area (Å²) in [6.07, 6.45) is 2.26. The van der Waals surface area contributed by atoms with Gasteiger partial charge >= 0.3 is 0 Å². The number of hydrogen-bond donors (Lipinski definition) is 1. The minimum Gasteiger partial charge on any atom is -0.495 e. The fourth-order valence-electron chi connectivity index (χ4n) is 2.96. The van der Waals surface area contributed by atoms with Crippen molar-refractivity contribution in [2.45, 2.75) is 38.0 Å². The summed E-state index contributed by atoms with van der Waals surface area (Å²) in [6.45, 7) is 5.41. The first-order chi connectivity index (χ1) is 12.3. The lowest BCUT2D eigenvalue weighted by Crippen LogP contribution is -2.45. The molecule has 26 heavy (non-hydrogen) atoms. The van der Waals surface area contributed by atoms with Crippen LogP contribution >= 0.6 is 11.6 Å². The molecule has 0 spiro atoms. The number of nitrogens with one attached hydrogen (secondary N) is 1. The zero-order chi connectivity index (χ0) is 19.3. The number of piperidine rings is 1. The van der Waals surface area contributed by atoms with Crippen molar-refractivity contribution in [1.29, 1.82) is 0 Å². The number of methoxy groups -OCH3 is 1. The molecular weight excluding hydrogens is 376 g/mol. The van der Waals surface area contributed by atoms with Crippen LogP contribution in [0.3, 0.4) is 0 Å². The molecule has 0 bridgehead atoms. The number of ether oxygens (including phenoxy) is 1. The molecule has 0 radical (unpaired) electrons. The van der Waals surface area contributed by atoms with E-state index in [0.29, 0.717) is 37.6 Å². The average molecular weight is 403 g/mol. The van der Waals surface area contributed by atoms with Crippen molar-refractivity contribution >= 4 is 27.5 Å². The highest BCUT2D eigenvalue weighted by molar-refractivity contribution is 7.89. The third-order valence-corrected chi connectivity index (χ3v) is 6.69. The summed E-state index contributed by atoms with van der Waals surface area (Å²) in [7, 11) is -2.22. The van der Waals surface area contributed by atoms with Crippen LogP contribution in [0.1, 0.15) is 33.1 Å². The molecule has 1 atom stereocenters. The predicted molar refractivity (Wildman–Crippen MR) is 102 cm³/mol. The molecule has 1 aromatic rings. The van der Waals surface area contributed by atoms with Crippen LogP contribution in [0.25, 0.3) is 0 Å². The molecule has 146 valence electrons. The summed E-state index contributed by atoms with van der Waals surface area (Å²) >= 11 is 6.06. The van der Waals surface area contributed by atoms with Gasteiger partial charge in [0.1, 0.15) is 5.75 Å². The Morgan fingerprint density at radius 2 is 2.15 bits per heavy atom. The van der Waals surface area contributed by atoms with Crippen molar-refractivity contribution in [3.8, 4) is 5.75 Å². The second kappa shape index (κ2) is 9.06. The minimum atomic E-state index is -3.70. The molecule has 0 aromatic heterocycles. The third-order valence-electron chi connectivity index (χ3n) is 4.54. The van der Waals surface area contributed by atoms with Crippen LogP contribution in [0.5, 0.6) is 5.75 Å². The van der Waals surface area contributed by atoms with Gasteiger partial charge in [0.25, 0.3) is 0 Å². The Labute approximate surface area is 160 Å². The molecule has 6 nitrogen and oxygen atoms in total. The maximum Gasteiger partial charge on any atom is 0.243 e. The van der Waals surface area contributed by atoms with E-state index >= 15 is 0 Å². The monoisotopic (exact) mass is 402 g/mol. The van der Waals surface area contributed by atoms with Gasteiger partial charge in [0, 0.05) is 19.6 Å². The predicted octanol–water partition coefficient (Wildman–Crippen LogP) is 2.91. The topological polar surface area (TPSA) is 75.7 Å². The molecule has 1 aromatic carbocycles. The number of amides is 1. The van der Waals surface area contributed by atoms with Gasteiger partial charge in [-0.05, 0) is 43.4 Å². The Hall–Kier alpha value is -1.31. The van der Waals surface area contributed by atoms with Crippen molar-refractivity contribution in [3.63, 3.8) is 0 Å². The summed E-state index contributed by atoms with van der Waals surface area (Å²) in [5.74, 6) is 0.544. The van der Waals surface area contributed by atoms with Crippen molar-refractivity contribution < 1.29 is 17.9 Å². The van der Waals surface area contributed by atoms with Gasteiger partial charge in [-0.25, -0.2) is 8.42 Å². The fraction of sp³-hybridized carbons (Fsp3) is 0.611. The van der Waals surface area contributed by atoms with Crippen LogP contribution in [0.4, 0.5) is 0 Å². The molecule has 1 aliphatic rings. The molecule has 1 amide bonds. The third kappa shape index (κ3) is 5.11. The van der Waals surface area contributed by atoms with Crippen molar-refractivity contribution in [3.05, 3.63) is 23.2 Å². The first kappa shape index (κ1) is 21.0. The van der Waals surface area contributed by atoms with Gasteiger partial charge in [0.15, 0.2) is 0 Å². The molecule has 1 saturated heterocycles. The van der Waals surface area contributed by atoms with E-state index in [1.807, 2.05) is 0 Å². The van der Waals surface area contributed by atoms with Crippen LogP contribution in [-0.4, -0.2) is 45.4 Å². The number of nitrogens with zero attached hydrogens (tertiary/aromatic N) is 1. The Kier molecular flexibility index (Phi) is 7.32. The zero-order valence-electron chi connectivity index (χ0n) is 15.5. The first-order valence-corrected chi connectivity index (χ1v) is 10.7. The van der Waals surface area contributed by atoms with E-state index in [-0.39, 0.29) is 28.3 Å². The molecule has 0 aliphatic carbocycles. The molecule has 1 aliphatic heterocycles. The average Bonchev–Trinajstić information content (AvgIpc) is 2.61. The van der Waals surface area contributed by atoms with Gasteiger partial charge in [0.2, 0.25) is 15.9 Å².